The zero-order valence-electron chi connectivity index (χ0n) is 14.4. The Labute approximate surface area is 158 Å². The van der Waals surface area contributed by atoms with E-state index in [0.29, 0.717) is 24.8 Å². The fourth-order valence-electron chi connectivity index (χ4n) is 3.05. The number of nitrogens with zero attached hydrogens (tertiary/aromatic N) is 4. The van der Waals surface area contributed by atoms with Gasteiger partial charge in [0.05, 0.1) is 18.3 Å². The lowest BCUT2D eigenvalue weighted by molar-refractivity contribution is 0.0757. The van der Waals surface area contributed by atoms with E-state index in [-0.39, 0.29) is 18.3 Å². The molecule has 3 heterocycles. The zero-order chi connectivity index (χ0) is 16.9. The monoisotopic (exact) mass is 381 g/mol. The molecule has 25 heavy (non-hydrogen) atoms. The highest BCUT2D eigenvalue weighted by atomic mass is 35.5. The highest BCUT2D eigenvalue weighted by molar-refractivity contribution is 7.09. The minimum atomic E-state index is -0.0824. The van der Waals surface area contributed by atoms with Crippen molar-refractivity contribution in [2.45, 2.75) is 32.4 Å². The summed E-state index contributed by atoms with van der Waals surface area (Å²) in [5, 5.41) is 13.8. The molecule has 0 unspecified atom stereocenters. The Morgan fingerprint density at radius 3 is 2.92 bits per heavy atom. The van der Waals surface area contributed by atoms with Crippen LogP contribution >= 0.6 is 23.7 Å². The first kappa shape index (κ1) is 19.6. The first-order chi connectivity index (χ1) is 11.7. The summed E-state index contributed by atoms with van der Waals surface area (Å²) in [6, 6.07) is 4.35. The lowest BCUT2D eigenvalue weighted by atomic mass is 10.1. The van der Waals surface area contributed by atoms with Gasteiger partial charge in [0, 0.05) is 11.4 Å². The van der Waals surface area contributed by atoms with Gasteiger partial charge in [-0.15, -0.1) is 35.4 Å². The first-order valence-corrected chi connectivity index (χ1v) is 9.13. The smallest absolute Gasteiger partial charge is 0.276 e. The fraction of sp³-hybridized carbons (Fsp3) is 0.471. The summed E-state index contributed by atoms with van der Waals surface area (Å²) in [7, 11) is 0. The Balaban J connectivity index is 0.00000225. The topological polar surface area (TPSA) is 63.1 Å². The molecule has 0 aromatic carbocycles. The van der Waals surface area contributed by atoms with Crippen molar-refractivity contribution < 1.29 is 4.79 Å². The van der Waals surface area contributed by atoms with E-state index in [1.165, 1.54) is 0 Å². The van der Waals surface area contributed by atoms with Crippen molar-refractivity contribution in [3.63, 3.8) is 0 Å². The number of carbonyl (C=O) groups is 1. The third-order valence-electron chi connectivity index (χ3n) is 4.35. The molecule has 1 N–H and O–H groups in total. The second-order valence-electron chi connectivity index (χ2n) is 6.00. The Morgan fingerprint density at radius 1 is 1.52 bits per heavy atom. The van der Waals surface area contributed by atoms with E-state index < -0.39 is 0 Å². The van der Waals surface area contributed by atoms with E-state index in [2.05, 4.69) is 22.2 Å². The highest BCUT2D eigenvalue weighted by Gasteiger charge is 2.25. The van der Waals surface area contributed by atoms with Crippen LogP contribution in [-0.4, -0.2) is 45.4 Å². The average molecular weight is 382 g/mol. The van der Waals surface area contributed by atoms with Crippen LogP contribution < -0.4 is 5.32 Å². The van der Waals surface area contributed by atoms with Crippen LogP contribution in [-0.2, 0) is 6.54 Å². The minimum Gasteiger partial charge on any atom is -0.328 e. The molecule has 2 aromatic rings. The molecule has 1 aliphatic heterocycles. The largest absolute Gasteiger partial charge is 0.328 e. The van der Waals surface area contributed by atoms with Crippen LogP contribution in [0.4, 0.5) is 0 Å². The summed E-state index contributed by atoms with van der Waals surface area (Å²) in [6.07, 6.45) is 3.78. The van der Waals surface area contributed by atoms with E-state index in [1.54, 1.807) is 22.3 Å². The van der Waals surface area contributed by atoms with Crippen LogP contribution in [0.5, 0.6) is 0 Å². The molecule has 1 amide bonds. The molecule has 8 heteroatoms. The first-order valence-electron chi connectivity index (χ1n) is 8.25. The van der Waals surface area contributed by atoms with Crippen molar-refractivity contribution in [2.75, 3.05) is 19.6 Å². The summed E-state index contributed by atoms with van der Waals surface area (Å²) >= 11 is 1.65. The van der Waals surface area contributed by atoms with Crippen LogP contribution in [0.2, 0.25) is 0 Å². The molecule has 2 aromatic heterocycles. The molecule has 0 atom stereocenters. The molecule has 0 saturated carbocycles. The van der Waals surface area contributed by atoms with Gasteiger partial charge >= 0.3 is 0 Å². The summed E-state index contributed by atoms with van der Waals surface area (Å²) in [5.74, 6) is -0.0824. The van der Waals surface area contributed by atoms with Crippen molar-refractivity contribution in [1.29, 1.82) is 0 Å². The number of nitrogens with one attached hydrogen (secondary N) is 1. The molecule has 0 radical (unpaired) electrons. The number of aromatic nitrogens is 3. The van der Waals surface area contributed by atoms with Gasteiger partial charge in [-0.1, -0.05) is 17.4 Å². The molecule has 0 bridgehead atoms. The zero-order valence-corrected chi connectivity index (χ0v) is 16.0. The van der Waals surface area contributed by atoms with Gasteiger partial charge in [-0.25, -0.2) is 4.68 Å². The van der Waals surface area contributed by atoms with Crippen LogP contribution in [0.15, 0.2) is 30.2 Å². The molecule has 136 valence electrons. The van der Waals surface area contributed by atoms with Gasteiger partial charge in [-0.2, -0.15) is 0 Å². The number of piperidine rings is 1. The lowest BCUT2D eigenvalue weighted by Gasteiger charge is -2.24. The van der Waals surface area contributed by atoms with E-state index in [9.17, 15) is 4.79 Å². The summed E-state index contributed by atoms with van der Waals surface area (Å²) in [6.45, 7) is 8.73. The number of thiophene rings is 1. The number of carbonyl (C=O) groups excluding carboxylic acids is 1. The summed E-state index contributed by atoms with van der Waals surface area (Å²) in [4.78, 5) is 15.8. The molecular formula is C17H24ClN5OS. The standard InChI is InChI=1S/C17H23N5OS.ClH/c1-3-10-21(12-15-5-4-11-24-15)17(23)16-13(2)22(20-19-16)14-6-8-18-9-7-14;/h3-5,11,14,18H,1,6-10,12H2,2H3;1H. The number of hydrogen-bond donors (Lipinski definition) is 1. The minimum absolute atomic E-state index is 0. The van der Waals surface area contributed by atoms with E-state index in [4.69, 9.17) is 0 Å². The van der Waals surface area contributed by atoms with Crippen LogP contribution in [0, 0.1) is 6.92 Å². The third-order valence-corrected chi connectivity index (χ3v) is 5.21. The highest BCUT2D eigenvalue weighted by Crippen LogP contribution is 2.21. The normalized spacial score (nSPS) is 14.8. The predicted octanol–water partition coefficient (Wildman–Crippen LogP) is 2.82. The number of rotatable bonds is 6. The number of halogens is 1. The average Bonchev–Trinajstić information content (AvgIpc) is 3.24. The number of hydrogen-bond acceptors (Lipinski definition) is 5. The second-order valence-corrected chi connectivity index (χ2v) is 7.04. The predicted molar refractivity (Wildman–Crippen MR) is 102 cm³/mol. The van der Waals surface area contributed by atoms with Gasteiger partial charge in [0.2, 0.25) is 0 Å². The molecule has 1 aliphatic rings. The molecule has 1 fully saturated rings. The molecule has 0 spiro atoms. The lowest BCUT2D eigenvalue weighted by Crippen LogP contribution is -2.32. The van der Waals surface area contributed by atoms with Crippen molar-refractivity contribution in [3.8, 4) is 0 Å². The third kappa shape index (κ3) is 4.48. The van der Waals surface area contributed by atoms with Gasteiger partial charge in [-0.05, 0) is 44.3 Å². The maximum absolute atomic E-state index is 12.9. The maximum Gasteiger partial charge on any atom is 0.276 e. The van der Waals surface area contributed by atoms with Crippen molar-refractivity contribution in [1.82, 2.24) is 25.2 Å². The van der Waals surface area contributed by atoms with Gasteiger partial charge in [-0.3, -0.25) is 4.79 Å². The molecule has 6 nitrogen and oxygen atoms in total. The second kappa shape index (κ2) is 9.12. The molecular weight excluding hydrogens is 358 g/mol. The maximum atomic E-state index is 12.9. The van der Waals surface area contributed by atoms with Gasteiger partial charge in [0.15, 0.2) is 5.69 Å². The Morgan fingerprint density at radius 2 is 2.28 bits per heavy atom. The van der Waals surface area contributed by atoms with Gasteiger partial charge in [0.1, 0.15) is 0 Å². The Bertz CT molecular complexity index is 694. The molecule has 0 aliphatic carbocycles. The SMILES string of the molecule is C=CCN(Cc1cccs1)C(=O)c1nnn(C2CCNCC2)c1C.Cl. The van der Waals surface area contributed by atoms with Crippen LogP contribution in [0.25, 0.3) is 0 Å². The van der Waals surface area contributed by atoms with E-state index >= 15 is 0 Å². The van der Waals surface area contributed by atoms with E-state index in [1.807, 2.05) is 29.1 Å². The van der Waals surface area contributed by atoms with Crippen LogP contribution in [0.3, 0.4) is 0 Å². The van der Waals surface area contributed by atoms with Crippen LogP contribution in [0.1, 0.15) is 39.9 Å². The van der Waals surface area contributed by atoms with Gasteiger partial charge < -0.3 is 10.2 Å². The quantitative estimate of drug-likeness (QED) is 0.781. The van der Waals surface area contributed by atoms with E-state index in [0.717, 1.165) is 36.5 Å². The summed E-state index contributed by atoms with van der Waals surface area (Å²) < 4.78 is 1.92. The van der Waals surface area contributed by atoms with Crippen molar-refractivity contribution in [2.24, 2.45) is 0 Å². The number of amides is 1. The molecule has 1 saturated heterocycles. The van der Waals surface area contributed by atoms with Crippen molar-refractivity contribution >= 4 is 29.7 Å². The molecule has 3 rings (SSSR count). The van der Waals surface area contributed by atoms with Gasteiger partial charge in [0.25, 0.3) is 5.91 Å². The summed E-state index contributed by atoms with van der Waals surface area (Å²) in [5.41, 5.74) is 1.30. The Kier molecular flexibility index (Phi) is 7.16. The van der Waals surface area contributed by atoms with Crippen molar-refractivity contribution in [3.05, 3.63) is 46.4 Å². The Hall–Kier alpha value is -1.70. The fourth-order valence-corrected chi connectivity index (χ4v) is 3.77.